The van der Waals surface area contributed by atoms with Crippen molar-refractivity contribution in [1.29, 1.82) is 0 Å². The number of ether oxygens (including phenoxy) is 2. The zero-order valence-electron chi connectivity index (χ0n) is 10.6. The molecule has 6 heteroatoms. The molecule has 0 radical (unpaired) electrons. The van der Waals surface area contributed by atoms with Crippen LogP contribution >= 0.6 is 0 Å². The molecular formula is C11H22O5S. The van der Waals surface area contributed by atoms with Crippen molar-refractivity contribution in [3.8, 4) is 0 Å². The van der Waals surface area contributed by atoms with Crippen molar-refractivity contribution in [1.82, 2.24) is 0 Å². The Morgan fingerprint density at radius 1 is 1.06 bits per heavy atom. The molecule has 0 fully saturated rings. The molecule has 0 aromatic carbocycles. The standard InChI is InChI=1S/C11H22O5S/c1-3-4-9-17(13,14)10-5-6-15-7-8-16-11(2)12/h3-10H2,1-2H3. The normalized spacial score (nSPS) is 11.4. The Morgan fingerprint density at radius 2 is 1.71 bits per heavy atom. The lowest BCUT2D eigenvalue weighted by Crippen LogP contribution is -2.14. The van der Waals surface area contributed by atoms with Gasteiger partial charge >= 0.3 is 5.97 Å². The van der Waals surface area contributed by atoms with E-state index in [0.29, 0.717) is 19.6 Å². The molecule has 0 unspecified atom stereocenters. The number of sulfone groups is 1. The molecule has 0 bridgehead atoms. The van der Waals surface area contributed by atoms with E-state index in [1.807, 2.05) is 6.92 Å². The first-order valence-electron chi connectivity index (χ1n) is 5.89. The van der Waals surface area contributed by atoms with E-state index in [0.717, 1.165) is 12.8 Å². The summed E-state index contributed by atoms with van der Waals surface area (Å²) in [6.45, 7) is 4.22. The highest BCUT2D eigenvalue weighted by Crippen LogP contribution is 1.99. The quantitative estimate of drug-likeness (QED) is 0.438. The van der Waals surface area contributed by atoms with Gasteiger partial charge in [0.15, 0.2) is 0 Å². The van der Waals surface area contributed by atoms with Crippen molar-refractivity contribution in [2.75, 3.05) is 31.3 Å². The topological polar surface area (TPSA) is 69.7 Å². The van der Waals surface area contributed by atoms with Crippen LogP contribution in [-0.4, -0.2) is 45.7 Å². The Hall–Kier alpha value is -0.620. The Kier molecular flexibility index (Phi) is 9.07. The molecule has 0 aromatic rings. The number of hydrogen-bond donors (Lipinski definition) is 0. The van der Waals surface area contributed by atoms with E-state index in [2.05, 4.69) is 4.74 Å². The molecule has 0 amide bonds. The van der Waals surface area contributed by atoms with Crippen molar-refractivity contribution in [3.63, 3.8) is 0 Å². The summed E-state index contributed by atoms with van der Waals surface area (Å²) in [6.07, 6.45) is 2.10. The highest BCUT2D eigenvalue weighted by molar-refractivity contribution is 7.91. The van der Waals surface area contributed by atoms with Gasteiger partial charge in [-0.15, -0.1) is 0 Å². The van der Waals surface area contributed by atoms with Gasteiger partial charge in [0.2, 0.25) is 0 Å². The van der Waals surface area contributed by atoms with Crippen molar-refractivity contribution in [2.45, 2.75) is 33.1 Å². The molecule has 0 atom stereocenters. The Labute approximate surface area is 103 Å². The molecule has 0 rings (SSSR count). The van der Waals surface area contributed by atoms with E-state index >= 15 is 0 Å². The number of rotatable bonds is 10. The highest BCUT2D eigenvalue weighted by atomic mass is 32.2. The molecule has 0 aromatic heterocycles. The predicted octanol–water partition coefficient (Wildman–Crippen LogP) is 1.17. The third kappa shape index (κ3) is 11.6. The van der Waals surface area contributed by atoms with E-state index in [4.69, 9.17) is 4.74 Å². The number of carbonyl (C=O) groups is 1. The molecule has 0 saturated carbocycles. The third-order valence-corrected chi connectivity index (χ3v) is 3.91. The summed E-state index contributed by atoms with van der Waals surface area (Å²) in [5.74, 6) is 0.0908. The number of hydrogen-bond acceptors (Lipinski definition) is 5. The first-order valence-corrected chi connectivity index (χ1v) is 7.71. The fourth-order valence-corrected chi connectivity index (χ4v) is 2.68. The van der Waals surface area contributed by atoms with Crippen molar-refractivity contribution < 1.29 is 22.7 Å². The van der Waals surface area contributed by atoms with Gasteiger partial charge in [-0.1, -0.05) is 13.3 Å². The van der Waals surface area contributed by atoms with E-state index in [9.17, 15) is 13.2 Å². The van der Waals surface area contributed by atoms with E-state index < -0.39 is 9.84 Å². The summed E-state index contributed by atoms with van der Waals surface area (Å²) in [5, 5.41) is 0. The lowest BCUT2D eigenvalue weighted by atomic mass is 10.4. The fourth-order valence-electron chi connectivity index (χ4n) is 1.19. The maximum atomic E-state index is 11.4. The van der Waals surface area contributed by atoms with Gasteiger partial charge in [0, 0.05) is 13.5 Å². The van der Waals surface area contributed by atoms with Gasteiger partial charge in [0.25, 0.3) is 0 Å². The number of esters is 1. The van der Waals surface area contributed by atoms with E-state index in [1.54, 1.807) is 0 Å². The molecular weight excluding hydrogens is 244 g/mol. The average Bonchev–Trinajstić information content (AvgIpc) is 2.24. The summed E-state index contributed by atoms with van der Waals surface area (Å²) in [7, 11) is -2.92. The minimum absolute atomic E-state index is 0.167. The fraction of sp³-hybridized carbons (Fsp3) is 0.909. The molecule has 0 saturated heterocycles. The van der Waals surface area contributed by atoms with Crippen LogP contribution in [0.25, 0.3) is 0 Å². The molecule has 102 valence electrons. The maximum Gasteiger partial charge on any atom is 0.302 e. The summed E-state index contributed by atoms with van der Waals surface area (Å²) in [5.41, 5.74) is 0. The van der Waals surface area contributed by atoms with Gasteiger partial charge in [-0.3, -0.25) is 4.79 Å². The summed E-state index contributed by atoms with van der Waals surface area (Å²) < 4.78 is 32.7. The molecule has 0 spiro atoms. The maximum absolute atomic E-state index is 11.4. The largest absolute Gasteiger partial charge is 0.463 e. The number of carbonyl (C=O) groups excluding carboxylic acids is 1. The van der Waals surface area contributed by atoms with Crippen molar-refractivity contribution in [2.24, 2.45) is 0 Å². The lowest BCUT2D eigenvalue weighted by molar-refractivity contribution is -0.142. The van der Waals surface area contributed by atoms with Crippen LogP contribution in [0.15, 0.2) is 0 Å². The molecule has 17 heavy (non-hydrogen) atoms. The predicted molar refractivity (Wildman–Crippen MR) is 65.6 cm³/mol. The minimum atomic E-state index is -2.92. The Morgan fingerprint density at radius 3 is 2.29 bits per heavy atom. The Balaban J connectivity index is 3.41. The zero-order chi connectivity index (χ0) is 13.1. The first-order chi connectivity index (χ1) is 7.98. The van der Waals surface area contributed by atoms with Crippen LogP contribution in [0.2, 0.25) is 0 Å². The lowest BCUT2D eigenvalue weighted by Gasteiger charge is -2.05. The van der Waals surface area contributed by atoms with Gasteiger partial charge < -0.3 is 9.47 Å². The second-order valence-corrected chi connectivity index (χ2v) is 6.11. The van der Waals surface area contributed by atoms with Gasteiger partial charge in [0.1, 0.15) is 16.4 Å². The van der Waals surface area contributed by atoms with Crippen LogP contribution in [0.1, 0.15) is 33.1 Å². The summed E-state index contributed by atoms with van der Waals surface area (Å²) >= 11 is 0. The smallest absolute Gasteiger partial charge is 0.302 e. The second kappa shape index (κ2) is 9.41. The van der Waals surface area contributed by atoms with Gasteiger partial charge in [-0.05, 0) is 12.8 Å². The molecule has 0 aliphatic carbocycles. The SMILES string of the molecule is CCCCS(=O)(=O)CCCOCCOC(C)=O. The summed E-state index contributed by atoms with van der Waals surface area (Å²) in [4.78, 5) is 10.4. The third-order valence-electron chi connectivity index (χ3n) is 2.09. The van der Waals surface area contributed by atoms with E-state index in [-0.39, 0.29) is 24.1 Å². The van der Waals surface area contributed by atoms with Gasteiger partial charge in [-0.25, -0.2) is 8.42 Å². The van der Waals surface area contributed by atoms with Crippen LogP contribution in [-0.2, 0) is 24.1 Å². The molecule has 0 aliphatic rings. The minimum Gasteiger partial charge on any atom is -0.463 e. The highest BCUT2D eigenvalue weighted by Gasteiger charge is 2.09. The first kappa shape index (κ1) is 16.4. The van der Waals surface area contributed by atoms with Crippen LogP contribution in [0, 0.1) is 0 Å². The van der Waals surface area contributed by atoms with Gasteiger partial charge in [-0.2, -0.15) is 0 Å². The monoisotopic (exact) mass is 266 g/mol. The molecule has 0 N–H and O–H groups in total. The van der Waals surface area contributed by atoms with Crippen molar-refractivity contribution >= 4 is 15.8 Å². The van der Waals surface area contributed by atoms with Crippen LogP contribution in [0.5, 0.6) is 0 Å². The van der Waals surface area contributed by atoms with Gasteiger partial charge in [0.05, 0.1) is 18.1 Å². The van der Waals surface area contributed by atoms with E-state index in [1.165, 1.54) is 6.92 Å². The average molecular weight is 266 g/mol. The second-order valence-electron chi connectivity index (χ2n) is 3.81. The van der Waals surface area contributed by atoms with Crippen LogP contribution in [0.3, 0.4) is 0 Å². The Bertz CT molecular complexity index is 297. The van der Waals surface area contributed by atoms with Crippen LogP contribution < -0.4 is 0 Å². The molecule has 5 nitrogen and oxygen atoms in total. The summed E-state index contributed by atoms with van der Waals surface area (Å²) in [6, 6.07) is 0. The van der Waals surface area contributed by atoms with Crippen LogP contribution in [0.4, 0.5) is 0 Å². The van der Waals surface area contributed by atoms with Crippen molar-refractivity contribution in [3.05, 3.63) is 0 Å². The molecule has 0 heterocycles. The number of unbranched alkanes of at least 4 members (excludes halogenated alkanes) is 1. The molecule has 0 aliphatic heterocycles. The zero-order valence-corrected chi connectivity index (χ0v) is 11.4.